The molecule has 0 aliphatic rings. The largest absolute Gasteiger partial charge is 0.366 e. The van der Waals surface area contributed by atoms with Gasteiger partial charge in [-0.15, -0.1) is 22.7 Å². The van der Waals surface area contributed by atoms with Gasteiger partial charge in [0.2, 0.25) is 5.91 Å². The van der Waals surface area contributed by atoms with E-state index in [-0.39, 0.29) is 17.7 Å². The molecule has 0 saturated heterocycles. The molecule has 3 N–H and O–H groups in total. The molecule has 0 aliphatic heterocycles. The molecule has 2 aromatic carbocycles. The summed E-state index contributed by atoms with van der Waals surface area (Å²) >= 11 is 2.68. The van der Waals surface area contributed by atoms with Gasteiger partial charge >= 0.3 is 0 Å². The van der Waals surface area contributed by atoms with Crippen LogP contribution in [0.3, 0.4) is 0 Å². The Bertz CT molecular complexity index is 1570. The molecule has 0 bridgehead atoms. The van der Waals surface area contributed by atoms with Gasteiger partial charge in [0.25, 0.3) is 11.5 Å². The van der Waals surface area contributed by atoms with Crippen LogP contribution >= 0.6 is 22.7 Å². The third-order valence-electron chi connectivity index (χ3n) is 5.20. The third kappa shape index (κ3) is 4.26. The monoisotopic (exact) mass is 486 g/mol. The number of amides is 2. The molecular formula is C25H18N4O3S2. The van der Waals surface area contributed by atoms with Gasteiger partial charge in [-0.05, 0) is 23.3 Å². The van der Waals surface area contributed by atoms with Crippen molar-refractivity contribution in [2.24, 2.45) is 5.73 Å². The molecule has 0 spiro atoms. The minimum Gasteiger partial charge on any atom is -0.366 e. The number of carbonyl (C=O) groups is 2. The van der Waals surface area contributed by atoms with Gasteiger partial charge in [0.15, 0.2) is 0 Å². The van der Waals surface area contributed by atoms with Crippen LogP contribution in [0.2, 0.25) is 0 Å². The van der Waals surface area contributed by atoms with Crippen molar-refractivity contribution in [3.05, 3.63) is 95.0 Å². The number of hydrogen-bond acceptors (Lipinski definition) is 6. The van der Waals surface area contributed by atoms with E-state index in [1.807, 2.05) is 60.7 Å². The van der Waals surface area contributed by atoms with Gasteiger partial charge in [0.05, 0.1) is 17.3 Å². The van der Waals surface area contributed by atoms with Crippen LogP contribution in [-0.2, 0) is 11.3 Å². The molecule has 5 rings (SSSR count). The highest BCUT2D eigenvalue weighted by molar-refractivity contribution is 7.21. The van der Waals surface area contributed by atoms with Crippen LogP contribution in [0.25, 0.3) is 31.1 Å². The number of thiophene rings is 2. The molecule has 2 amide bonds. The first-order chi connectivity index (χ1) is 16.5. The fraction of sp³-hybridized carbons (Fsp3) is 0.0400. The van der Waals surface area contributed by atoms with Crippen molar-refractivity contribution in [3.8, 4) is 20.9 Å². The predicted molar refractivity (Wildman–Crippen MR) is 136 cm³/mol. The summed E-state index contributed by atoms with van der Waals surface area (Å²) in [7, 11) is 0. The summed E-state index contributed by atoms with van der Waals surface area (Å²) in [5, 5.41) is 3.54. The molecular weight excluding hydrogens is 468 g/mol. The van der Waals surface area contributed by atoms with Gasteiger partial charge in [-0.2, -0.15) is 0 Å². The second kappa shape index (κ2) is 9.05. The summed E-state index contributed by atoms with van der Waals surface area (Å²) < 4.78 is 1.26. The number of nitrogens with zero attached hydrogens (tertiary/aromatic N) is 2. The number of aromatic nitrogens is 2. The van der Waals surface area contributed by atoms with Crippen LogP contribution in [0.4, 0.5) is 5.00 Å². The molecule has 7 nitrogen and oxygen atoms in total. The lowest BCUT2D eigenvalue weighted by Gasteiger charge is -2.06. The summed E-state index contributed by atoms with van der Waals surface area (Å²) in [6.07, 6.45) is 1.37. The lowest BCUT2D eigenvalue weighted by atomic mass is 10.1. The Hall–Kier alpha value is -4.08. The standard InChI is InChI=1S/C25H18N4O3S2/c26-22(31)17-11-19(15-7-3-1-4-8-15)34-24(17)28-21(30)13-29-14-27-23-18(25(29)32)12-20(33-23)16-9-5-2-6-10-16/h1-12,14H,13H2,(H2,26,31)(H,28,30). The topological polar surface area (TPSA) is 107 Å². The first-order valence-electron chi connectivity index (χ1n) is 10.3. The number of nitrogens with two attached hydrogens (primary N) is 1. The van der Waals surface area contributed by atoms with Crippen LogP contribution in [0, 0.1) is 0 Å². The molecule has 3 aromatic heterocycles. The molecule has 0 saturated carbocycles. The second-order valence-corrected chi connectivity index (χ2v) is 9.59. The maximum Gasteiger partial charge on any atom is 0.262 e. The third-order valence-corrected chi connectivity index (χ3v) is 7.39. The van der Waals surface area contributed by atoms with E-state index < -0.39 is 11.8 Å². The molecule has 9 heteroatoms. The highest BCUT2D eigenvalue weighted by Gasteiger charge is 2.18. The summed E-state index contributed by atoms with van der Waals surface area (Å²) in [5.41, 5.74) is 7.36. The summed E-state index contributed by atoms with van der Waals surface area (Å²) in [5.74, 6) is -1.09. The zero-order valence-electron chi connectivity index (χ0n) is 17.7. The van der Waals surface area contributed by atoms with Crippen molar-refractivity contribution < 1.29 is 9.59 Å². The molecule has 0 aliphatic carbocycles. The van der Waals surface area contributed by atoms with Crippen LogP contribution in [0.15, 0.2) is 83.9 Å². The van der Waals surface area contributed by atoms with Gasteiger partial charge in [-0.3, -0.25) is 19.0 Å². The lowest BCUT2D eigenvalue weighted by molar-refractivity contribution is -0.116. The second-order valence-electron chi connectivity index (χ2n) is 7.51. The predicted octanol–water partition coefficient (Wildman–Crippen LogP) is 4.59. The Morgan fingerprint density at radius 1 is 0.912 bits per heavy atom. The molecule has 0 atom stereocenters. The summed E-state index contributed by atoms with van der Waals surface area (Å²) in [6.45, 7) is -0.241. The van der Waals surface area contributed by atoms with E-state index in [0.29, 0.717) is 15.2 Å². The van der Waals surface area contributed by atoms with Gasteiger partial charge in [-0.25, -0.2) is 4.98 Å². The molecule has 0 radical (unpaired) electrons. The number of benzene rings is 2. The summed E-state index contributed by atoms with van der Waals surface area (Å²) in [6, 6.07) is 22.7. The Kier molecular flexibility index (Phi) is 5.79. The molecule has 168 valence electrons. The van der Waals surface area contributed by atoms with Gasteiger partial charge in [0.1, 0.15) is 16.4 Å². The van der Waals surface area contributed by atoms with Gasteiger partial charge < -0.3 is 11.1 Å². The maximum absolute atomic E-state index is 13.0. The molecule has 3 heterocycles. The first-order valence-corrected chi connectivity index (χ1v) is 12.0. The molecule has 0 unspecified atom stereocenters. The smallest absolute Gasteiger partial charge is 0.262 e. The summed E-state index contributed by atoms with van der Waals surface area (Å²) in [4.78, 5) is 44.4. The number of fused-ring (bicyclic) bond motifs is 1. The average molecular weight is 487 g/mol. The zero-order valence-corrected chi connectivity index (χ0v) is 19.4. The van der Waals surface area contributed by atoms with E-state index in [4.69, 9.17) is 5.73 Å². The first kappa shape index (κ1) is 21.7. The SMILES string of the molecule is NC(=O)c1cc(-c2ccccc2)sc1NC(=O)Cn1cnc2sc(-c3ccccc3)cc2c1=O. The van der Waals surface area contributed by atoms with E-state index in [1.54, 1.807) is 12.1 Å². The lowest BCUT2D eigenvalue weighted by Crippen LogP contribution is -2.28. The fourth-order valence-corrected chi connectivity index (χ4v) is 5.63. The van der Waals surface area contributed by atoms with Crippen LogP contribution < -0.4 is 16.6 Å². The number of hydrogen-bond donors (Lipinski definition) is 2. The average Bonchev–Trinajstić information content (AvgIpc) is 3.47. The van der Waals surface area contributed by atoms with Gasteiger partial charge in [0, 0.05) is 9.75 Å². The van der Waals surface area contributed by atoms with E-state index in [0.717, 1.165) is 20.9 Å². The Morgan fingerprint density at radius 2 is 1.53 bits per heavy atom. The molecule has 34 heavy (non-hydrogen) atoms. The molecule has 5 aromatic rings. The number of anilines is 1. The highest BCUT2D eigenvalue weighted by Crippen LogP contribution is 2.35. The van der Waals surface area contributed by atoms with Crippen LogP contribution in [0.1, 0.15) is 10.4 Å². The number of primary amides is 1. The van der Waals surface area contributed by atoms with Gasteiger partial charge in [-0.1, -0.05) is 60.7 Å². The fourth-order valence-electron chi connectivity index (χ4n) is 3.55. The highest BCUT2D eigenvalue weighted by atomic mass is 32.1. The van der Waals surface area contributed by atoms with Crippen LogP contribution in [-0.4, -0.2) is 21.4 Å². The van der Waals surface area contributed by atoms with Crippen molar-refractivity contribution in [2.45, 2.75) is 6.54 Å². The minimum atomic E-state index is -0.638. The quantitative estimate of drug-likeness (QED) is 0.366. The Balaban J connectivity index is 1.40. The number of nitrogens with one attached hydrogen (secondary N) is 1. The van der Waals surface area contributed by atoms with Crippen molar-refractivity contribution >= 4 is 49.7 Å². The van der Waals surface area contributed by atoms with E-state index >= 15 is 0 Å². The van der Waals surface area contributed by atoms with Crippen molar-refractivity contribution in [2.75, 3.05) is 5.32 Å². The number of rotatable bonds is 6. The minimum absolute atomic E-state index is 0.225. The zero-order chi connectivity index (χ0) is 23.7. The van der Waals surface area contributed by atoms with Crippen molar-refractivity contribution in [3.63, 3.8) is 0 Å². The number of carbonyl (C=O) groups excluding carboxylic acids is 2. The maximum atomic E-state index is 13.0. The van der Waals surface area contributed by atoms with Crippen LogP contribution in [0.5, 0.6) is 0 Å². The van der Waals surface area contributed by atoms with E-state index in [1.165, 1.54) is 33.6 Å². The Morgan fingerprint density at radius 3 is 2.15 bits per heavy atom. The van der Waals surface area contributed by atoms with Crippen molar-refractivity contribution in [1.82, 2.24) is 9.55 Å². The molecule has 0 fully saturated rings. The van der Waals surface area contributed by atoms with Crippen molar-refractivity contribution in [1.29, 1.82) is 0 Å². The normalized spacial score (nSPS) is 10.9. The van der Waals surface area contributed by atoms with E-state index in [9.17, 15) is 14.4 Å². The Labute approximate surface area is 202 Å². The van der Waals surface area contributed by atoms with E-state index in [2.05, 4.69) is 10.3 Å².